The summed E-state index contributed by atoms with van der Waals surface area (Å²) >= 11 is 0. The van der Waals surface area contributed by atoms with Gasteiger partial charge in [-0.15, -0.1) is 0 Å². The van der Waals surface area contributed by atoms with Crippen LogP contribution in [-0.4, -0.2) is 42.7 Å². The molecule has 0 saturated carbocycles. The van der Waals surface area contributed by atoms with Gasteiger partial charge in [-0.2, -0.15) is 0 Å². The van der Waals surface area contributed by atoms with Crippen molar-refractivity contribution >= 4 is 40.1 Å². The Balaban J connectivity index is 0.000000336. The maximum absolute atomic E-state index is 10.8. The van der Waals surface area contributed by atoms with Crippen LogP contribution in [0.15, 0.2) is 53.7 Å². The van der Waals surface area contributed by atoms with Crippen LogP contribution in [0.3, 0.4) is 0 Å². The molecule has 1 aromatic carbocycles. The summed E-state index contributed by atoms with van der Waals surface area (Å²) < 4.78 is 0. The number of carbonyl (C=O) groups excluding carboxylic acids is 3. The predicted octanol–water partition coefficient (Wildman–Crippen LogP) is 4.38. The summed E-state index contributed by atoms with van der Waals surface area (Å²) in [5.41, 5.74) is 1.93. The lowest BCUT2D eigenvalue weighted by molar-refractivity contribution is -0.168. The molecule has 150 valence electrons. The molecule has 0 aliphatic carbocycles. The van der Waals surface area contributed by atoms with Gasteiger partial charge in [0.15, 0.2) is 0 Å². The van der Waals surface area contributed by atoms with E-state index >= 15 is 0 Å². The fourth-order valence-corrected chi connectivity index (χ4v) is 3.97. The lowest BCUT2D eigenvalue weighted by Gasteiger charge is -2.11. The predicted molar refractivity (Wildman–Crippen MR) is 113 cm³/mol. The Hall–Kier alpha value is -2.16. The van der Waals surface area contributed by atoms with Gasteiger partial charge in [0.05, 0.1) is 7.11 Å². The molecule has 1 atom stereocenters. The fraction of sp³-hybridized carbons (Fsp3) is 0.300. The molecule has 28 heavy (non-hydrogen) atoms. The number of hydrogen-bond acceptors (Lipinski definition) is 7. The average molecular weight is 421 g/mol. The second-order valence-corrected chi connectivity index (χ2v) is 8.12. The Bertz CT molecular complexity index is 727. The van der Waals surface area contributed by atoms with Crippen LogP contribution in [0.25, 0.3) is 0 Å². The Morgan fingerprint density at radius 2 is 1.93 bits per heavy atom. The SMILES string of the molecule is CC(SSc1ccccn1)c1ccc(C=O)cc1.CON(C)C(=O)CCC=O. The van der Waals surface area contributed by atoms with Crippen LogP contribution in [0.5, 0.6) is 0 Å². The number of carbonyl (C=O) groups is 3. The van der Waals surface area contributed by atoms with E-state index in [0.717, 1.165) is 16.4 Å². The summed E-state index contributed by atoms with van der Waals surface area (Å²) in [7, 11) is 6.34. The molecule has 1 aromatic heterocycles. The van der Waals surface area contributed by atoms with Crippen molar-refractivity contribution < 1.29 is 19.2 Å². The molecule has 0 spiro atoms. The van der Waals surface area contributed by atoms with E-state index in [-0.39, 0.29) is 18.7 Å². The summed E-state index contributed by atoms with van der Waals surface area (Å²) in [5, 5.41) is 2.47. The number of benzene rings is 1. The zero-order valence-corrected chi connectivity index (χ0v) is 17.7. The highest BCUT2D eigenvalue weighted by Gasteiger charge is 2.07. The Kier molecular flexibility index (Phi) is 11.9. The van der Waals surface area contributed by atoms with Gasteiger partial charge in [0.1, 0.15) is 17.6 Å². The molecule has 2 rings (SSSR count). The second kappa shape index (κ2) is 13.9. The molecule has 0 aliphatic heterocycles. The number of hydrogen-bond donors (Lipinski definition) is 0. The third-order valence-electron chi connectivity index (χ3n) is 3.56. The largest absolute Gasteiger partial charge is 0.303 e. The van der Waals surface area contributed by atoms with Gasteiger partial charge in [0.25, 0.3) is 0 Å². The Morgan fingerprint density at radius 1 is 1.21 bits per heavy atom. The van der Waals surface area contributed by atoms with Gasteiger partial charge in [-0.25, -0.2) is 10.0 Å². The third-order valence-corrected chi connectivity index (χ3v) is 6.29. The standard InChI is InChI=1S/C14H13NOS2.C6H11NO3/c1-11(13-7-5-12(10-16)6-8-13)17-18-14-4-2-3-9-15-14;1-7(10-2)6(9)4-3-5-8/h2-11H,1H3;5H,3-4H2,1-2H3. The van der Waals surface area contributed by atoms with E-state index in [1.54, 1.807) is 27.8 Å². The molecule has 1 unspecified atom stereocenters. The van der Waals surface area contributed by atoms with E-state index in [0.29, 0.717) is 17.1 Å². The van der Waals surface area contributed by atoms with Crippen LogP contribution in [0.1, 0.15) is 40.9 Å². The minimum atomic E-state index is -0.186. The molecule has 0 saturated heterocycles. The molecule has 0 bridgehead atoms. The maximum Gasteiger partial charge on any atom is 0.246 e. The van der Waals surface area contributed by atoms with E-state index in [9.17, 15) is 14.4 Å². The number of hydroxylamine groups is 2. The van der Waals surface area contributed by atoms with Crippen molar-refractivity contribution in [1.82, 2.24) is 10.0 Å². The van der Waals surface area contributed by atoms with Gasteiger partial charge in [-0.3, -0.25) is 14.4 Å². The first-order valence-electron chi connectivity index (χ1n) is 8.55. The summed E-state index contributed by atoms with van der Waals surface area (Å²) in [6.07, 6.45) is 3.85. The van der Waals surface area contributed by atoms with Crippen LogP contribution in [0.2, 0.25) is 0 Å². The minimum absolute atomic E-state index is 0.186. The van der Waals surface area contributed by atoms with Crippen molar-refractivity contribution in [2.45, 2.75) is 30.0 Å². The summed E-state index contributed by atoms with van der Waals surface area (Å²) in [4.78, 5) is 40.0. The van der Waals surface area contributed by atoms with Crippen molar-refractivity contribution in [2.24, 2.45) is 0 Å². The maximum atomic E-state index is 10.8. The zero-order chi connectivity index (χ0) is 20.8. The summed E-state index contributed by atoms with van der Waals surface area (Å²) in [5.74, 6) is -0.186. The van der Waals surface area contributed by atoms with E-state index < -0.39 is 0 Å². The highest BCUT2D eigenvalue weighted by atomic mass is 33.1. The zero-order valence-electron chi connectivity index (χ0n) is 16.1. The molecule has 1 heterocycles. The van der Waals surface area contributed by atoms with Gasteiger partial charge >= 0.3 is 0 Å². The number of aldehydes is 2. The summed E-state index contributed by atoms with van der Waals surface area (Å²) in [6.45, 7) is 2.15. The highest BCUT2D eigenvalue weighted by molar-refractivity contribution is 8.76. The van der Waals surface area contributed by atoms with Gasteiger partial charge in [0.2, 0.25) is 5.91 Å². The first kappa shape index (κ1) is 23.9. The average Bonchev–Trinajstić information content (AvgIpc) is 2.76. The van der Waals surface area contributed by atoms with E-state index in [2.05, 4.69) is 16.7 Å². The molecular formula is C20H24N2O4S2. The van der Waals surface area contributed by atoms with Crippen molar-refractivity contribution in [3.63, 3.8) is 0 Å². The first-order chi connectivity index (χ1) is 13.5. The van der Waals surface area contributed by atoms with Crippen molar-refractivity contribution in [2.75, 3.05) is 14.2 Å². The molecule has 0 fully saturated rings. The molecule has 0 aliphatic rings. The number of amides is 1. The quantitative estimate of drug-likeness (QED) is 0.338. The molecule has 6 nitrogen and oxygen atoms in total. The van der Waals surface area contributed by atoms with Crippen molar-refractivity contribution in [1.29, 1.82) is 0 Å². The van der Waals surface area contributed by atoms with Crippen LogP contribution < -0.4 is 0 Å². The van der Waals surface area contributed by atoms with Crippen LogP contribution in [0, 0.1) is 0 Å². The number of nitrogens with zero attached hydrogens (tertiary/aromatic N) is 2. The van der Waals surface area contributed by atoms with Gasteiger partial charge in [-0.1, -0.05) is 41.1 Å². The number of aromatic nitrogens is 1. The molecule has 0 radical (unpaired) electrons. The minimum Gasteiger partial charge on any atom is -0.303 e. The number of rotatable bonds is 9. The Morgan fingerprint density at radius 3 is 2.46 bits per heavy atom. The number of pyridine rings is 1. The highest BCUT2D eigenvalue weighted by Crippen LogP contribution is 2.41. The van der Waals surface area contributed by atoms with Gasteiger partial charge in [0, 0.05) is 36.9 Å². The Labute approximate surface area is 173 Å². The molecule has 2 aromatic rings. The van der Waals surface area contributed by atoms with E-state index in [1.165, 1.54) is 19.7 Å². The molecule has 1 amide bonds. The lowest BCUT2D eigenvalue weighted by Crippen LogP contribution is -2.24. The topological polar surface area (TPSA) is 76.6 Å². The molecule has 0 N–H and O–H groups in total. The van der Waals surface area contributed by atoms with Crippen LogP contribution in [0.4, 0.5) is 0 Å². The first-order valence-corrected chi connectivity index (χ1v) is 10.8. The molecular weight excluding hydrogens is 396 g/mol. The second-order valence-electron chi connectivity index (χ2n) is 5.55. The normalized spacial score (nSPS) is 11.0. The van der Waals surface area contributed by atoms with Crippen LogP contribution >= 0.6 is 21.6 Å². The fourth-order valence-electron chi connectivity index (χ4n) is 1.86. The monoisotopic (exact) mass is 420 g/mol. The van der Waals surface area contributed by atoms with Gasteiger partial charge in [-0.05, 0) is 35.4 Å². The van der Waals surface area contributed by atoms with E-state index in [1.807, 2.05) is 42.5 Å². The van der Waals surface area contributed by atoms with E-state index in [4.69, 9.17) is 0 Å². The smallest absolute Gasteiger partial charge is 0.246 e. The lowest BCUT2D eigenvalue weighted by atomic mass is 10.1. The third kappa shape index (κ3) is 9.16. The van der Waals surface area contributed by atoms with Crippen molar-refractivity contribution in [3.05, 3.63) is 59.8 Å². The summed E-state index contributed by atoms with van der Waals surface area (Å²) in [6, 6.07) is 13.6. The molecule has 8 heteroatoms. The van der Waals surface area contributed by atoms with Crippen LogP contribution in [-0.2, 0) is 14.4 Å². The van der Waals surface area contributed by atoms with Gasteiger partial charge < -0.3 is 4.79 Å². The van der Waals surface area contributed by atoms with Crippen molar-refractivity contribution in [3.8, 4) is 0 Å².